The van der Waals surface area contributed by atoms with Gasteiger partial charge in [-0.3, -0.25) is 4.98 Å². The zero-order valence-corrected chi connectivity index (χ0v) is 17.1. The van der Waals surface area contributed by atoms with Crippen molar-refractivity contribution < 1.29 is 4.74 Å². The Morgan fingerprint density at radius 2 is 1.87 bits per heavy atom. The Morgan fingerprint density at radius 3 is 2.68 bits per heavy atom. The van der Waals surface area contributed by atoms with Crippen LogP contribution >= 0.6 is 0 Å². The maximum atomic E-state index is 5.58. The second-order valence-corrected chi connectivity index (χ2v) is 7.11. The number of hydrogen-bond donors (Lipinski definition) is 2. The van der Waals surface area contributed by atoms with Crippen LogP contribution in [0.4, 0.5) is 17.5 Å². The Hall–Kier alpha value is -3.85. The summed E-state index contributed by atoms with van der Waals surface area (Å²) in [6.45, 7) is 3.53. The summed E-state index contributed by atoms with van der Waals surface area (Å²) >= 11 is 0. The highest BCUT2D eigenvalue weighted by Crippen LogP contribution is 2.34. The van der Waals surface area contributed by atoms with Crippen molar-refractivity contribution in [2.75, 3.05) is 43.5 Å². The number of methoxy groups -OCH3 is 1. The molecule has 4 aromatic rings. The van der Waals surface area contributed by atoms with E-state index in [-0.39, 0.29) is 0 Å². The summed E-state index contributed by atoms with van der Waals surface area (Å²) in [5.41, 5.74) is 1.60. The predicted molar refractivity (Wildman–Crippen MR) is 120 cm³/mol. The molecule has 0 unspecified atom stereocenters. The molecule has 0 spiro atoms. The van der Waals surface area contributed by atoms with Crippen molar-refractivity contribution in [3.63, 3.8) is 0 Å². The van der Waals surface area contributed by atoms with Gasteiger partial charge in [0.15, 0.2) is 5.82 Å². The fourth-order valence-corrected chi connectivity index (χ4v) is 3.63. The Morgan fingerprint density at radius 1 is 1.00 bits per heavy atom. The third-order valence-electron chi connectivity index (χ3n) is 5.13. The Bertz CT molecular complexity index is 1190. The highest BCUT2D eigenvalue weighted by atomic mass is 16.5. The minimum Gasteiger partial charge on any atom is -0.494 e. The van der Waals surface area contributed by atoms with Gasteiger partial charge in [0.2, 0.25) is 0 Å². The van der Waals surface area contributed by atoms with E-state index >= 15 is 0 Å². The normalized spacial score (nSPS) is 13.9. The van der Waals surface area contributed by atoms with Gasteiger partial charge in [0.25, 0.3) is 0 Å². The number of rotatable bonds is 5. The van der Waals surface area contributed by atoms with E-state index in [9.17, 15) is 0 Å². The van der Waals surface area contributed by atoms with Gasteiger partial charge in [0, 0.05) is 44.1 Å². The molecule has 1 aliphatic heterocycles. The van der Waals surface area contributed by atoms with Gasteiger partial charge in [-0.2, -0.15) is 0 Å². The molecule has 1 aliphatic rings. The summed E-state index contributed by atoms with van der Waals surface area (Å²) in [5.74, 6) is 3.54. The molecule has 9 nitrogen and oxygen atoms in total. The molecule has 5 rings (SSSR count). The molecule has 31 heavy (non-hydrogen) atoms. The van der Waals surface area contributed by atoms with Crippen LogP contribution in [0.2, 0.25) is 0 Å². The van der Waals surface area contributed by atoms with E-state index < -0.39 is 0 Å². The van der Waals surface area contributed by atoms with Crippen LogP contribution in [0, 0.1) is 0 Å². The molecule has 5 heterocycles. The second kappa shape index (κ2) is 8.49. The summed E-state index contributed by atoms with van der Waals surface area (Å²) < 4.78 is 5.58. The zero-order valence-electron chi connectivity index (χ0n) is 17.1. The highest BCUT2D eigenvalue weighted by Gasteiger charge is 2.20. The van der Waals surface area contributed by atoms with Gasteiger partial charge < -0.3 is 20.3 Å². The largest absolute Gasteiger partial charge is 0.494 e. The maximum Gasteiger partial charge on any atom is 0.162 e. The zero-order chi connectivity index (χ0) is 21.0. The molecule has 0 bridgehead atoms. The third kappa shape index (κ3) is 3.95. The van der Waals surface area contributed by atoms with Gasteiger partial charge in [-0.05, 0) is 24.3 Å². The number of nitrogens with one attached hydrogen (secondary N) is 2. The van der Waals surface area contributed by atoms with Crippen LogP contribution in [0.1, 0.15) is 0 Å². The van der Waals surface area contributed by atoms with Crippen LogP contribution in [-0.2, 0) is 0 Å². The molecule has 0 radical (unpaired) electrons. The number of aromatic nitrogens is 5. The number of piperazine rings is 1. The number of anilines is 3. The van der Waals surface area contributed by atoms with Crippen molar-refractivity contribution in [2.24, 2.45) is 0 Å². The average molecular weight is 414 g/mol. The Balaban J connectivity index is 1.59. The van der Waals surface area contributed by atoms with Gasteiger partial charge in [0.05, 0.1) is 30.4 Å². The van der Waals surface area contributed by atoms with E-state index in [0.717, 1.165) is 54.3 Å². The quantitative estimate of drug-likeness (QED) is 0.510. The van der Waals surface area contributed by atoms with Crippen LogP contribution in [0.5, 0.6) is 5.75 Å². The molecule has 0 atom stereocenters. The van der Waals surface area contributed by atoms with Crippen LogP contribution in [0.15, 0.2) is 55.1 Å². The number of fused-ring (bicyclic) bond motifs is 1. The first-order valence-corrected chi connectivity index (χ1v) is 10.1. The number of pyridine rings is 3. The van der Waals surface area contributed by atoms with E-state index in [0.29, 0.717) is 17.4 Å². The van der Waals surface area contributed by atoms with Crippen molar-refractivity contribution in [1.82, 2.24) is 30.2 Å². The van der Waals surface area contributed by atoms with Crippen LogP contribution in [0.3, 0.4) is 0 Å². The first-order valence-electron chi connectivity index (χ1n) is 10.1. The smallest absolute Gasteiger partial charge is 0.162 e. The molecule has 1 saturated heterocycles. The minimum atomic E-state index is 0.613. The minimum absolute atomic E-state index is 0.613. The summed E-state index contributed by atoms with van der Waals surface area (Å²) in [6, 6.07) is 9.51. The molecule has 0 saturated carbocycles. The monoisotopic (exact) mass is 414 g/mol. The van der Waals surface area contributed by atoms with E-state index in [4.69, 9.17) is 14.7 Å². The summed E-state index contributed by atoms with van der Waals surface area (Å²) in [4.78, 5) is 25.0. The van der Waals surface area contributed by atoms with Gasteiger partial charge in [-0.15, -0.1) is 0 Å². The van der Waals surface area contributed by atoms with Gasteiger partial charge >= 0.3 is 0 Å². The lowest BCUT2D eigenvalue weighted by atomic mass is 10.2. The molecule has 1 fully saturated rings. The van der Waals surface area contributed by atoms with Crippen molar-refractivity contribution in [1.29, 1.82) is 0 Å². The maximum absolute atomic E-state index is 5.58. The highest BCUT2D eigenvalue weighted by molar-refractivity contribution is 5.95. The summed E-state index contributed by atoms with van der Waals surface area (Å²) in [6.07, 6.45) is 6.93. The summed E-state index contributed by atoms with van der Waals surface area (Å²) in [7, 11) is 1.64. The third-order valence-corrected chi connectivity index (χ3v) is 5.13. The van der Waals surface area contributed by atoms with E-state index in [1.54, 1.807) is 31.9 Å². The standard InChI is InChI=1S/C22H22N8O/c1-31-17-14-24-13-16-20(17)22(30-10-8-23-9-11-30)29-21(27-16)15-5-7-26-19(12-15)28-18-4-2-3-6-25-18/h2-7,12-14,23H,8-11H2,1H3,(H,25,26,28). The van der Waals surface area contributed by atoms with Crippen molar-refractivity contribution >= 4 is 28.4 Å². The fraction of sp³-hybridized carbons (Fsp3) is 0.227. The van der Waals surface area contributed by atoms with Gasteiger partial charge in [0.1, 0.15) is 23.2 Å². The molecule has 2 N–H and O–H groups in total. The van der Waals surface area contributed by atoms with E-state index in [2.05, 4.69) is 30.5 Å². The molecule has 4 aromatic heterocycles. The first kappa shape index (κ1) is 19.1. The lowest BCUT2D eigenvalue weighted by Gasteiger charge is -2.29. The van der Waals surface area contributed by atoms with Crippen molar-refractivity contribution in [3.8, 4) is 17.1 Å². The summed E-state index contributed by atoms with van der Waals surface area (Å²) in [5, 5.41) is 7.48. The first-order chi connectivity index (χ1) is 15.3. The molecular weight excluding hydrogens is 392 g/mol. The molecular formula is C22H22N8O. The lowest BCUT2D eigenvalue weighted by molar-refractivity contribution is 0.418. The predicted octanol–water partition coefficient (Wildman–Crippen LogP) is 2.64. The Kier molecular flexibility index (Phi) is 5.24. The molecule has 0 aromatic carbocycles. The average Bonchev–Trinajstić information content (AvgIpc) is 2.84. The SMILES string of the molecule is COc1cncc2nc(-c3ccnc(Nc4ccccn4)c3)nc(N3CCNCC3)c12. The second-order valence-electron chi connectivity index (χ2n) is 7.11. The van der Waals surface area contributed by atoms with Crippen molar-refractivity contribution in [3.05, 3.63) is 55.1 Å². The molecule has 156 valence electrons. The van der Waals surface area contributed by atoms with Crippen molar-refractivity contribution in [2.45, 2.75) is 0 Å². The van der Waals surface area contributed by atoms with Crippen LogP contribution in [-0.4, -0.2) is 58.2 Å². The molecule has 0 amide bonds. The molecule has 9 heteroatoms. The lowest BCUT2D eigenvalue weighted by Crippen LogP contribution is -2.44. The number of ether oxygens (including phenoxy) is 1. The van der Waals surface area contributed by atoms with Gasteiger partial charge in [-0.1, -0.05) is 6.07 Å². The fourth-order valence-electron chi connectivity index (χ4n) is 3.63. The molecule has 0 aliphatic carbocycles. The van der Waals surface area contributed by atoms with Crippen LogP contribution in [0.25, 0.3) is 22.3 Å². The van der Waals surface area contributed by atoms with E-state index in [1.165, 1.54) is 0 Å². The van der Waals surface area contributed by atoms with Crippen LogP contribution < -0.4 is 20.3 Å². The Labute approximate surface area is 179 Å². The topological polar surface area (TPSA) is 101 Å². The van der Waals surface area contributed by atoms with Gasteiger partial charge in [-0.25, -0.2) is 19.9 Å². The number of hydrogen-bond acceptors (Lipinski definition) is 9. The van der Waals surface area contributed by atoms with E-state index in [1.807, 2.05) is 30.3 Å². The number of nitrogens with zero attached hydrogens (tertiary/aromatic N) is 6.